The second-order valence-electron chi connectivity index (χ2n) is 4.18. The highest BCUT2D eigenvalue weighted by molar-refractivity contribution is 7.09. The zero-order chi connectivity index (χ0) is 11.4. The van der Waals surface area contributed by atoms with Crippen LogP contribution in [0.1, 0.15) is 17.5 Å². The van der Waals surface area contributed by atoms with Crippen molar-refractivity contribution in [2.45, 2.75) is 25.9 Å². The van der Waals surface area contributed by atoms with E-state index in [9.17, 15) is 0 Å². The maximum absolute atomic E-state index is 3.55. The number of thiophene rings is 1. The molecule has 1 unspecified atom stereocenters. The van der Waals surface area contributed by atoms with Gasteiger partial charge in [0.15, 0.2) is 0 Å². The summed E-state index contributed by atoms with van der Waals surface area (Å²) in [6.45, 7) is 3.18. The summed E-state index contributed by atoms with van der Waals surface area (Å²) in [7, 11) is 2.08. The first kappa shape index (κ1) is 11.4. The molecular formula is C13H18N2S. The van der Waals surface area contributed by atoms with Crippen LogP contribution < -0.4 is 5.32 Å². The van der Waals surface area contributed by atoms with E-state index in [0.717, 1.165) is 13.0 Å². The molecule has 2 rings (SSSR count). The van der Waals surface area contributed by atoms with Crippen molar-refractivity contribution in [3.05, 3.63) is 46.4 Å². The molecule has 0 saturated heterocycles. The average Bonchev–Trinajstić information content (AvgIpc) is 2.87. The molecule has 2 aromatic rings. The zero-order valence-electron chi connectivity index (χ0n) is 9.81. The summed E-state index contributed by atoms with van der Waals surface area (Å²) in [5, 5.41) is 5.69. The molecular weight excluding hydrogens is 216 g/mol. The van der Waals surface area contributed by atoms with Gasteiger partial charge in [0, 0.05) is 36.4 Å². The Bertz CT molecular complexity index is 417. The van der Waals surface area contributed by atoms with Crippen LogP contribution >= 0.6 is 11.3 Å². The van der Waals surface area contributed by atoms with Crippen molar-refractivity contribution in [1.29, 1.82) is 0 Å². The predicted molar refractivity (Wildman–Crippen MR) is 69.7 cm³/mol. The highest BCUT2D eigenvalue weighted by Gasteiger charge is 2.04. The van der Waals surface area contributed by atoms with E-state index in [1.165, 1.54) is 10.6 Å². The van der Waals surface area contributed by atoms with Gasteiger partial charge in [0.05, 0.1) is 0 Å². The molecule has 1 atom stereocenters. The quantitative estimate of drug-likeness (QED) is 0.842. The van der Waals surface area contributed by atoms with Crippen molar-refractivity contribution in [3.63, 3.8) is 0 Å². The number of nitrogens with zero attached hydrogens (tertiary/aromatic N) is 1. The minimum absolute atomic E-state index is 0.522. The number of hydrogen-bond acceptors (Lipinski definition) is 2. The maximum Gasteiger partial charge on any atom is 0.0361 e. The average molecular weight is 234 g/mol. The third kappa shape index (κ3) is 2.97. The van der Waals surface area contributed by atoms with Gasteiger partial charge in [-0.25, -0.2) is 0 Å². The summed E-state index contributed by atoms with van der Waals surface area (Å²) in [4.78, 5) is 1.45. The SMILES string of the molecule is CC(Cc1cccs1)NCc1cccn1C. The van der Waals surface area contributed by atoms with Gasteiger partial charge in [0.25, 0.3) is 0 Å². The van der Waals surface area contributed by atoms with Gasteiger partial charge in [0.2, 0.25) is 0 Å². The fraction of sp³-hybridized carbons (Fsp3) is 0.385. The lowest BCUT2D eigenvalue weighted by atomic mass is 10.2. The number of aryl methyl sites for hydroxylation is 1. The number of hydrogen-bond donors (Lipinski definition) is 1. The van der Waals surface area contributed by atoms with Crippen LogP contribution in [-0.4, -0.2) is 10.6 Å². The number of nitrogens with one attached hydrogen (secondary N) is 1. The Morgan fingerprint density at radius 1 is 1.38 bits per heavy atom. The van der Waals surface area contributed by atoms with Gasteiger partial charge in [0.1, 0.15) is 0 Å². The summed E-state index contributed by atoms with van der Waals surface area (Å²) in [6.07, 6.45) is 3.20. The molecule has 0 fully saturated rings. The molecule has 0 aliphatic carbocycles. The van der Waals surface area contributed by atoms with Crippen LogP contribution in [0.25, 0.3) is 0 Å². The predicted octanol–water partition coefficient (Wildman–Crippen LogP) is 2.81. The molecule has 0 aromatic carbocycles. The van der Waals surface area contributed by atoms with Crippen molar-refractivity contribution in [2.24, 2.45) is 7.05 Å². The van der Waals surface area contributed by atoms with Crippen molar-refractivity contribution in [3.8, 4) is 0 Å². The molecule has 86 valence electrons. The van der Waals surface area contributed by atoms with Crippen LogP contribution in [0.2, 0.25) is 0 Å². The number of rotatable bonds is 5. The normalized spacial score (nSPS) is 12.9. The minimum atomic E-state index is 0.522. The Hall–Kier alpha value is -1.06. The summed E-state index contributed by atoms with van der Waals surface area (Å²) < 4.78 is 2.16. The van der Waals surface area contributed by atoms with Crippen LogP contribution in [0.4, 0.5) is 0 Å². The van der Waals surface area contributed by atoms with E-state index in [1.807, 2.05) is 11.3 Å². The standard InChI is InChI=1S/C13H18N2S/c1-11(9-13-6-4-8-16-13)14-10-12-5-3-7-15(12)2/h3-8,11,14H,9-10H2,1-2H3. The Kier molecular flexibility index (Phi) is 3.80. The Morgan fingerprint density at radius 2 is 2.25 bits per heavy atom. The van der Waals surface area contributed by atoms with Gasteiger partial charge < -0.3 is 9.88 Å². The van der Waals surface area contributed by atoms with Gasteiger partial charge in [-0.05, 0) is 36.9 Å². The van der Waals surface area contributed by atoms with Crippen LogP contribution in [0, 0.1) is 0 Å². The summed E-state index contributed by atoms with van der Waals surface area (Å²) >= 11 is 1.83. The van der Waals surface area contributed by atoms with Gasteiger partial charge >= 0.3 is 0 Å². The summed E-state index contributed by atoms with van der Waals surface area (Å²) in [6, 6.07) is 9.08. The summed E-state index contributed by atoms with van der Waals surface area (Å²) in [5.74, 6) is 0. The first-order chi connectivity index (χ1) is 7.75. The van der Waals surface area contributed by atoms with Crippen molar-refractivity contribution >= 4 is 11.3 Å². The van der Waals surface area contributed by atoms with Crippen LogP contribution in [0.15, 0.2) is 35.8 Å². The summed E-state index contributed by atoms with van der Waals surface area (Å²) in [5.41, 5.74) is 1.33. The smallest absolute Gasteiger partial charge is 0.0361 e. The lowest BCUT2D eigenvalue weighted by Gasteiger charge is -2.13. The molecule has 2 heterocycles. The molecule has 0 spiro atoms. The van der Waals surface area contributed by atoms with E-state index in [0.29, 0.717) is 6.04 Å². The van der Waals surface area contributed by atoms with Crippen LogP contribution in [0.3, 0.4) is 0 Å². The highest BCUT2D eigenvalue weighted by atomic mass is 32.1. The molecule has 1 N–H and O–H groups in total. The second-order valence-corrected chi connectivity index (χ2v) is 5.21. The largest absolute Gasteiger partial charge is 0.353 e. The van der Waals surface area contributed by atoms with E-state index in [2.05, 4.69) is 59.7 Å². The monoisotopic (exact) mass is 234 g/mol. The molecule has 0 aliphatic rings. The molecule has 0 radical (unpaired) electrons. The van der Waals surface area contributed by atoms with E-state index in [1.54, 1.807) is 0 Å². The fourth-order valence-corrected chi connectivity index (χ4v) is 2.60. The van der Waals surface area contributed by atoms with Crippen LogP contribution in [0.5, 0.6) is 0 Å². The van der Waals surface area contributed by atoms with E-state index in [-0.39, 0.29) is 0 Å². The van der Waals surface area contributed by atoms with E-state index < -0.39 is 0 Å². The molecule has 2 aromatic heterocycles. The van der Waals surface area contributed by atoms with Gasteiger partial charge in [-0.1, -0.05) is 6.07 Å². The first-order valence-corrected chi connectivity index (χ1v) is 6.49. The lowest BCUT2D eigenvalue weighted by Crippen LogP contribution is -2.27. The molecule has 16 heavy (non-hydrogen) atoms. The topological polar surface area (TPSA) is 17.0 Å². The molecule has 2 nitrogen and oxygen atoms in total. The van der Waals surface area contributed by atoms with Crippen molar-refractivity contribution in [2.75, 3.05) is 0 Å². The minimum Gasteiger partial charge on any atom is -0.353 e. The lowest BCUT2D eigenvalue weighted by molar-refractivity contribution is 0.535. The Balaban J connectivity index is 1.80. The third-order valence-corrected chi connectivity index (χ3v) is 3.67. The van der Waals surface area contributed by atoms with E-state index >= 15 is 0 Å². The Morgan fingerprint density at radius 3 is 2.88 bits per heavy atom. The van der Waals surface area contributed by atoms with Gasteiger partial charge in [-0.3, -0.25) is 0 Å². The zero-order valence-corrected chi connectivity index (χ0v) is 10.6. The third-order valence-electron chi connectivity index (χ3n) is 2.77. The fourth-order valence-electron chi connectivity index (χ4n) is 1.76. The second kappa shape index (κ2) is 5.32. The van der Waals surface area contributed by atoms with E-state index in [4.69, 9.17) is 0 Å². The number of aromatic nitrogens is 1. The molecule has 0 bridgehead atoms. The molecule has 0 amide bonds. The van der Waals surface area contributed by atoms with Crippen molar-refractivity contribution < 1.29 is 0 Å². The highest BCUT2D eigenvalue weighted by Crippen LogP contribution is 2.11. The molecule has 0 aliphatic heterocycles. The maximum atomic E-state index is 3.55. The Labute approximate surface area is 101 Å². The van der Waals surface area contributed by atoms with Crippen LogP contribution in [-0.2, 0) is 20.0 Å². The first-order valence-electron chi connectivity index (χ1n) is 5.61. The van der Waals surface area contributed by atoms with Gasteiger partial charge in [-0.15, -0.1) is 11.3 Å². The molecule has 3 heteroatoms. The van der Waals surface area contributed by atoms with Crippen molar-refractivity contribution in [1.82, 2.24) is 9.88 Å². The molecule has 0 saturated carbocycles. The van der Waals surface area contributed by atoms with Gasteiger partial charge in [-0.2, -0.15) is 0 Å².